The molecule has 0 unspecified atom stereocenters. The zero-order valence-electron chi connectivity index (χ0n) is 10.3. The first-order valence-corrected chi connectivity index (χ1v) is 7.45. The van der Waals surface area contributed by atoms with Gasteiger partial charge in [-0.25, -0.2) is 0 Å². The SMILES string of the molecule is Nc1nnc(NC(=O)C(C2CCC2)C2CCC2)s1. The Labute approximate surface area is 110 Å². The van der Waals surface area contributed by atoms with Crippen LogP contribution >= 0.6 is 11.3 Å². The van der Waals surface area contributed by atoms with Gasteiger partial charge in [0, 0.05) is 5.92 Å². The van der Waals surface area contributed by atoms with Gasteiger partial charge >= 0.3 is 0 Å². The first kappa shape index (κ1) is 11.9. The molecule has 3 N–H and O–H groups in total. The summed E-state index contributed by atoms with van der Waals surface area (Å²) in [5.41, 5.74) is 5.52. The van der Waals surface area contributed by atoms with Crippen molar-refractivity contribution in [2.45, 2.75) is 38.5 Å². The second kappa shape index (κ2) is 4.84. The second-order valence-electron chi connectivity index (χ2n) is 5.34. The fraction of sp³-hybridized carbons (Fsp3) is 0.750. The van der Waals surface area contributed by atoms with E-state index < -0.39 is 0 Å². The highest BCUT2D eigenvalue weighted by Gasteiger charge is 2.40. The molecule has 0 bridgehead atoms. The third-order valence-corrected chi connectivity index (χ3v) is 4.96. The Morgan fingerprint density at radius 1 is 1.22 bits per heavy atom. The molecule has 1 amide bonds. The number of nitrogens with two attached hydrogens (primary N) is 1. The van der Waals surface area contributed by atoms with E-state index in [9.17, 15) is 4.79 Å². The molecule has 1 heterocycles. The molecule has 0 aliphatic heterocycles. The van der Waals surface area contributed by atoms with E-state index in [2.05, 4.69) is 15.5 Å². The molecule has 2 aliphatic carbocycles. The first-order valence-electron chi connectivity index (χ1n) is 6.64. The van der Waals surface area contributed by atoms with Gasteiger partial charge in [0.1, 0.15) is 0 Å². The molecule has 6 heteroatoms. The molecule has 0 radical (unpaired) electrons. The number of amides is 1. The Kier molecular flexibility index (Phi) is 3.20. The van der Waals surface area contributed by atoms with Gasteiger partial charge in [-0.3, -0.25) is 4.79 Å². The predicted molar refractivity (Wildman–Crippen MR) is 71.1 cm³/mol. The number of hydrogen-bond donors (Lipinski definition) is 2. The van der Waals surface area contributed by atoms with Crippen LogP contribution in [0.3, 0.4) is 0 Å². The quantitative estimate of drug-likeness (QED) is 0.876. The molecule has 0 saturated heterocycles. The number of nitrogen functional groups attached to an aromatic ring is 1. The van der Waals surface area contributed by atoms with E-state index >= 15 is 0 Å². The largest absolute Gasteiger partial charge is 0.374 e. The monoisotopic (exact) mass is 266 g/mol. The van der Waals surface area contributed by atoms with E-state index in [1.54, 1.807) is 0 Å². The number of hydrogen-bond acceptors (Lipinski definition) is 5. The van der Waals surface area contributed by atoms with Crippen LogP contribution in [0.1, 0.15) is 38.5 Å². The summed E-state index contributed by atoms with van der Waals surface area (Å²) in [6.07, 6.45) is 7.35. The third-order valence-electron chi connectivity index (χ3n) is 4.29. The van der Waals surface area contributed by atoms with Gasteiger partial charge in [-0.15, -0.1) is 10.2 Å². The summed E-state index contributed by atoms with van der Waals surface area (Å²) in [6.45, 7) is 0. The fourth-order valence-corrected chi connectivity index (χ4v) is 3.40. The van der Waals surface area contributed by atoms with Crippen LogP contribution in [0, 0.1) is 17.8 Å². The van der Waals surface area contributed by atoms with Crippen LogP contribution in [0.5, 0.6) is 0 Å². The van der Waals surface area contributed by atoms with Crippen molar-refractivity contribution < 1.29 is 4.79 Å². The number of carbonyl (C=O) groups excluding carboxylic acids is 1. The zero-order chi connectivity index (χ0) is 12.5. The Bertz CT molecular complexity index is 425. The average Bonchev–Trinajstić information content (AvgIpc) is 2.57. The van der Waals surface area contributed by atoms with Gasteiger partial charge in [-0.1, -0.05) is 24.2 Å². The first-order chi connectivity index (χ1) is 8.74. The highest BCUT2D eigenvalue weighted by atomic mass is 32.1. The number of carbonyl (C=O) groups is 1. The molecule has 0 aromatic carbocycles. The van der Waals surface area contributed by atoms with Crippen LogP contribution in [-0.2, 0) is 4.79 Å². The summed E-state index contributed by atoms with van der Waals surface area (Å²) >= 11 is 1.23. The van der Waals surface area contributed by atoms with Crippen molar-refractivity contribution in [2.75, 3.05) is 11.1 Å². The van der Waals surface area contributed by atoms with E-state index in [1.165, 1.54) is 49.9 Å². The normalized spacial score (nSPS) is 20.5. The Hall–Kier alpha value is -1.17. The minimum atomic E-state index is 0.126. The Morgan fingerprint density at radius 3 is 2.22 bits per heavy atom. The maximum atomic E-state index is 12.4. The van der Waals surface area contributed by atoms with Crippen molar-refractivity contribution in [1.29, 1.82) is 0 Å². The summed E-state index contributed by atoms with van der Waals surface area (Å²) in [6, 6.07) is 0. The predicted octanol–water partition coefficient (Wildman–Crippen LogP) is 2.28. The topological polar surface area (TPSA) is 80.9 Å². The Morgan fingerprint density at radius 2 is 1.83 bits per heavy atom. The minimum absolute atomic E-state index is 0.126. The zero-order valence-corrected chi connectivity index (χ0v) is 11.1. The lowest BCUT2D eigenvalue weighted by Crippen LogP contribution is -2.40. The standard InChI is InChI=1S/C12H18N4OS/c13-11-15-16-12(18-11)14-10(17)9(7-3-1-4-7)8-5-2-6-8/h7-9H,1-6H2,(H2,13,15)(H,14,16,17). The van der Waals surface area contributed by atoms with Crippen LogP contribution in [0.2, 0.25) is 0 Å². The van der Waals surface area contributed by atoms with Gasteiger partial charge in [0.05, 0.1) is 0 Å². The molecular weight excluding hydrogens is 248 g/mol. The molecule has 2 fully saturated rings. The van der Waals surface area contributed by atoms with Gasteiger partial charge in [0.15, 0.2) is 0 Å². The van der Waals surface area contributed by atoms with Gasteiger partial charge in [-0.05, 0) is 37.5 Å². The summed E-state index contributed by atoms with van der Waals surface area (Å²) in [4.78, 5) is 12.4. The van der Waals surface area contributed by atoms with E-state index in [0.717, 1.165) is 0 Å². The summed E-state index contributed by atoms with van der Waals surface area (Å²) in [7, 11) is 0. The van der Waals surface area contributed by atoms with Gasteiger partial charge < -0.3 is 11.1 Å². The number of nitrogens with zero attached hydrogens (tertiary/aromatic N) is 2. The smallest absolute Gasteiger partial charge is 0.229 e. The van der Waals surface area contributed by atoms with Gasteiger partial charge in [-0.2, -0.15) is 0 Å². The second-order valence-corrected chi connectivity index (χ2v) is 6.35. The maximum Gasteiger partial charge on any atom is 0.229 e. The highest BCUT2D eigenvalue weighted by Crippen LogP contribution is 2.44. The lowest BCUT2D eigenvalue weighted by molar-refractivity contribution is -0.126. The molecule has 2 saturated carbocycles. The van der Waals surface area contributed by atoms with Crippen LogP contribution < -0.4 is 11.1 Å². The minimum Gasteiger partial charge on any atom is -0.374 e. The fourth-order valence-electron chi connectivity index (χ4n) is 2.88. The van der Waals surface area contributed by atoms with Gasteiger partial charge in [0.25, 0.3) is 0 Å². The lowest BCUT2D eigenvalue weighted by atomic mass is 9.64. The molecule has 1 aromatic heterocycles. The Balaban J connectivity index is 1.67. The molecule has 2 aliphatic rings. The van der Waals surface area contributed by atoms with E-state index in [-0.39, 0.29) is 11.8 Å². The molecular formula is C12H18N4OS. The summed E-state index contributed by atoms with van der Waals surface area (Å²) < 4.78 is 0. The number of rotatable bonds is 4. The number of nitrogens with one attached hydrogen (secondary N) is 1. The van der Waals surface area contributed by atoms with Crippen LogP contribution in [0.15, 0.2) is 0 Å². The van der Waals surface area contributed by atoms with Crippen LogP contribution in [-0.4, -0.2) is 16.1 Å². The maximum absolute atomic E-state index is 12.4. The number of anilines is 2. The molecule has 5 nitrogen and oxygen atoms in total. The average molecular weight is 266 g/mol. The van der Waals surface area contributed by atoms with Gasteiger partial charge in [0.2, 0.25) is 16.2 Å². The van der Waals surface area contributed by atoms with Crippen molar-refractivity contribution in [3.8, 4) is 0 Å². The van der Waals surface area contributed by atoms with Crippen molar-refractivity contribution in [3.05, 3.63) is 0 Å². The molecule has 0 spiro atoms. The molecule has 18 heavy (non-hydrogen) atoms. The molecule has 0 atom stereocenters. The summed E-state index contributed by atoms with van der Waals surface area (Å²) in [5, 5.41) is 11.4. The summed E-state index contributed by atoms with van der Waals surface area (Å²) in [5.74, 6) is 1.47. The highest BCUT2D eigenvalue weighted by molar-refractivity contribution is 7.18. The molecule has 1 aromatic rings. The third kappa shape index (κ3) is 2.21. The molecule has 3 rings (SSSR count). The van der Waals surface area contributed by atoms with E-state index in [1.807, 2.05) is 0 Å². The number of aromatic nitrogens is 2. The van der Waals surface area contributed by atoms with E-state index in [4.69, 9.17) is 5.73 Å². The van der Waals surface area contributed by atoms with Crippen LogP contribution in [0.25, 0.3) is 0 Å². The van der Waals surface area contributed by atoms with E-state index in [0.29, 0.717) is 22.1 Å². The van der Waals surface area contributed by atoms with Crippen molar-refractivity contribution in [1.82, 2.24) is 10.2 Å². The van der Waals surface area contributed by atoms with Crippen LogP contribution in [0.4, 0.5) is 10.3 Å². The van der Waals surface area contributed by atoms with Crippen molar-refractivity contribution in [2.24, 2.45) is 17.8 Å². The van der Waals surface area contributed by atoms with Crippen molar-refractivity contribution in [3.63, 3.8) is 0 Å². The lowest BCUT2D eigenvalue weighted by Gasteiger charge is -2.41. The molecule has 98 valence electrons. The van der Waals surface area contributed by atoms with Crippen molar-refractivity contribution >= 4 is 27.5 Å².